The lowest BCUT2D eigenvalue weighted by Gasteiger charge is -2.60. The molecular weight excluding hydrogens is 326 g/mol. The summed E-state index contributed by atoms with van der Waals surface area (Å²) >= 11 is 0. The Morgan fingerprint density at radius 1 is 0.920 bits per heavy atom. The van der Waals surface area contributed by atoms with Gasteiger partial charge in [-0.15, -0.1) is 0 Å². The van der Waals surface area contributed by atoms with Gasteiger partial charge < -0.3 is 33.3 Å². The van der Waals surface area contributed by atoms with Gasteiger partial charge in [0.15, 0.2) is 6.29 Å². The van der Waals surface area contributed by atoms with E-state index in [4.69, 9.17) is 28.4 Å². The number of ether oxygens (including phenoxy) is 6. The summed E-state index contributed by atoms with van der Waals surface area (Å²) in [5, 5.41) is 0. The molecule has 7 heteroatoms. The fourth-order valence-electron chi connectivity index (χ4n) is 4.12. The molecule has 25 heavy (non-hydrogen) atoms. The highest BCUT2D eigenvalue weighted by Crippen LogP contribution is 2.44. The summed E-state index contributed by atoms with van der Waals surface area (Å²) in [5.74, 6) is 0. The lowest BCUT2D eigenvalue weighted by Crippen LogP contribution is -2.78. The van der Waals surface area contributed by atoms with E-state index in [-0.39, 0.29) is 36.6 Å². The summed E-state index contributed by atoms with van der Waals surface area (Å²) in [5.41, 5.74) is 0.949. The summed E-state index contributed by atoms with van der Waals surface area (Å²) in [6.45, 7) is -0.653. The zero-order valence-corrected chi connectivity index (χ0v) is 14.9. The fraction of sp³-hybridized carbons (Fsp3) is 0.667. The van der Waals surface area contributed by atoms with Crippen LogP contribution in [0.15, 0.2) is 30.3 Å². The lowest BCUT2D eigenvalue weighted by atomic mass is 9.80. The molecule has 1 aromatic carbocycles. The molecular formula is C18H25NO6. The van der Waals surface area contributed by atoms with Crippen LogP contribution in [0, 0.1) is 0 Å². The van der Waals surface area contributed by atoms with Gasteiger partial charge in [0, 0.05) is 19.8 Å². The Kier molecular flexibility index (Phi) is 4.81. The highest BCUT2D eigenvalue weighted by atomic mass is 16.9. The van der Waals surface area contributed by atoms with Crippen molar-refractivity contribution in [2.75, 3.05) is 28.3 Å². The van der Waals surface area contributed by atoms with Gasteiger partial charge in [0.2, 0.25) is 0 Å². The van der Waals surface area contributed by atoms with Crippen LogP contribution in [0.1, 0.15) is 11.9 Å². The molecule has 0 N–H and O–H groups in total. The molecule has 2 unspecified atom stereocenters. The van der Waals surface area contributed by atoms with Crippen molar-refractivity contribution in [3.05, 3.63) is 35.9 Å². The first-order chi connectivity index (χ1) is 12.1. The van der Waals surface area contributed by atoms with Crippen molar-refractivity contribution in [1.82, 2.24) is 4.90 Å². The van der Waals surface area contributed by atoms with Crippen molar-refractivity contribution in [3.8, 4) is 0 Å². The number of rotatable bonds is 6. The largest absolute Gasteiger partial charge is 0.376 e. The molecule has 1 saturated carbocycles. The van der Waals surface area contributed by atoms with Gasteiger partial charge in [-0.1, -0.05) is 30.3 Å². The molecule has 5 rings (SSSR count). The van der Waals surface area contributed by atoms with Crippen molar-refractivity contribution >= 4 is 0 Å². The van der Waals surface area contributed by atoms with Gasteiger partial charge in [0.1, 0.15) is 30.5 Å². The standard InChI is InChI=1S/C18H25NO6/c1-19(2)11-12-14(20-3)16-15(13(11)24-18(23-12)25-16)22-17(21-4)10-8-6-5-7-9-10/h5-9,11-18H,1-4H3/t11-,12-,13+,14+,15-,16-,17?,18?/m0/s1. The quantitative estimate of drug-likeness (QED) is 0.713. The second-order valence-electron chi connectivity index (χ2n) is 6.82. The van der Waals surface area contributed by atoms with Crippen LogP contribution in [-0.4, -0.2) is 76.3 Å². The number of hydrogen-bond acceptors (Lipinski definition) is 7. The molecule has 4 bridgehead atoms. The van der Waals surface area contributed by atoms with Crippen LogP contribution in [0.4, 0.5) is 0 Å². The zero-order chi connectivity index (χ0) is 17.6. The molecule has 4 fully saturated rings. The van der Waals surface area contributed by atoms with Gasteiger partial charge in [-0.3, -0.25) is 0 Å². The highest BCUT2D eigenvalue weighted by Gasteiger charge is 2.63. The van der Waals surface area contributed by atoms with Crippen LogP contribution >= 0.6 is 0 Å². The van der Waals surface area contributed by atoms with Crippen LogP contribution in [0.25, 0.3) is 0 Å². The van der Waals surface area contributed by atoms with Crippen LogP contribution in [0.3, 0.4) is 0 Å². The Morgan fingerprint density at radius 2 is 1.56 bits per heavy atom. The smallest absolute Gasteiger partial charge is 0.272 e. The summed E-state index contributed by atoms with van der Waals surface area (Å²) in [6.07, 6.45) is -1.59. The minimum atomic E-state index is -0.653. The molecule has 138 valence electrons. The first-order valence-electron chi connectivity index (χ1n) is 8.53. The van der Waals surface area contributed by atoms with Crippen LogP contribution in [0.5, 0.6) is 0 Å². The minimum absolute atomic E-state index is 0.0135. The molecule has 3 heterocycles. The molecule has 8 atom stereocenters. The van der Waals surface area contributed by atoms with E-state index in [0.29, 0.717) is 0 Å². The molecule has 1 aromatic rings. The molecule has 7 nitrogen and oxygen atoms in total. The van der Waals surface area contributed by atoms with Gasteiger partial charge in [0.05, 0.1) is 6.04 Å². The van der Waals surface area contributed by atoms with E-state index in [0.717, 1.165) is 5.56 Å². The first kappa shape index (κ1) is 17.4. The Hall–Kier alpha value is -1.06. The maximum Gasteiger partial charge on any atom is 0.272 e. The van der Waals surface area contributed by atoms with Gasteiger partial charge >= 0.3 is 0 Å². The Morgan fingerprint density at radius 3 is 2.16 bits per heavy atom. The second kappa shape index (κ2) is 6.92. The average Bonchev–Trinajstić information content (AvgIpc) is 2.62. The maximum absolute atomic E-state index is 6.34. The fourth-order valence-corrected chi connectivity index (χ4v) is 4.12. The van der Waals surface area contributed by atoms with E-state index in [1.54, 1.807) is 14.2 Å². The predicted octanol–water partition coefficient (Wildman–Crippen LogP) is 1.14. The number of methoxy groups -OCH3 is 2. The Balaban J connectivity index is 1.62. The molecule has 0 amide bonds. The number of nitrogens with zero attached hydrogens (tertiary/aromatic N) is 1. The molecule has 0 aromatic heterocycles. The van der Waals surface area contributed by atoms with Crippen molar-refractivity contribution < 1.29 is 28.4 Å². The van der Waals surface area contributed by atoms with Gasteiger partial charge in [0.25, 0.3) is 6.48 Å². The average molecular weight is 351 g/mol. The molecule has 0 radical (unpaired) electrons. The minimum Gasteiger partial charge on any atom is -0.376 e. The zero-order valence-electron chi connectivity index (χ0n) is 14.9. The number of hydrogen-bond donors (Lipinski definition) is 0. The van der Waals surface area contributed by atoms with E-state index >= 15 is 0 Å². The van der Waals surface area contributed by atoms with E-state index in [1.165, 1.54) is 0 Å². The normalized spacial score (nSPS) is 40.6. The van der Waals surface area contributed by atoms with E-state index in [1.807, 2.05) is 44.4 Å². The number of likely N-dealkylation sites (N-methyl/N-ethyl adjacent to an activating group) is 1. The van der Waals surface area contributed by atoms with Crippen LogP contribution < -0.4 is 0 Å². The Labute approximate surface area is 147 Å². The second-order valence-corrected chi connectivity index (χ2v) is 6.82. The third-order valence-electron chi connectivity index (χ3n) is 5.21. The molecule has 3 aliphatic heterocycles. The number of benzene rings is 1. The Bertz CT molecular complexity index is 584. The van der Waals surface area contributed by atoms with Crippen molar-refractivity contribution in [2.45, 2.75) is 49.3 Å². The van der Waals surface area contributed by atoms with Gasteiger partial charge in [-0.25, -0.2) is 0 Å². The molecule has 1 aliphatic carbocycles. The highest BCUT2D eigenvalue weighted by molar-refractivity contribution is 5.17. The maximum atomic E-state index is 6.34. The summed E-state index contributed by atoms with van der Waals surface area (Å²) in [7, 11) is 7.33. The van der Waals surface area contributed by atoms with Gasteiger partial charge in [-0.2, -0.15) is 0 Å². The third-order valence-corrected chi connectivity index (χ3v) is 5.21. The summed E-state index contributed by atoms with van der Waals surface area (Å²) in [6, 6.07) is 9.86. The van der Waals surface area contributed by atoms with E-state index < -0.39 is 12.8 Å². The topological polar surface area (TPSA) is 58.6 Å². The summed E-state index contributed by atoms with van der Waals surface area (Å²) < 4.78 is 35.3. The van der Waals surface area contributed by atoms with Gasteiger partial charge in [-0.05, 0) is 14.1 Å². The van der Waals surface area contributed by atoms with Crippen LogP contribution in [0.2, 0.25) is 0 Å². The molecule has 0 spiro atoms. The van der Waals surface area contributed by atoms with Crippen LogP contribution in [-0.2, 0) is 28.4 Å². The van der Waals surface area contributed by atoms with E-state index in [9.17, 15) is 0 Å². The predicted molar refractivity (Wildman–Crippen MR) is 87.7 cm³/mol. The molecule has 4 aliphatic rings. The molecule has 3 saturated heterocycles. The van der Waals surface area contributed by atoms with E-state index in [2.05, 4.69) is 4.90 Å². The SMILES string of the molecule is COC(O[C@@H]1[C@H]2OC3O[C@H]([C@H]2OC)[C@H](N(C)C)[C@H]1O3)c1ccccc1. The first-order valence-corrected chi connectivity index (χ1v) is 8.53. The lowest BCUT2D eigenvalue weighted by molar-refractivity contribution is -0.483. The van der Waals surface area contributed by atoms with Crippen molar-refractivity contribution in [3.63, 3.8) is 0 Å². The van der Waals surface area contributed by atoms with Crippen molar-refractivity contribution in [1.29, 1.82) is 0 Å². The summed E-state index contributed by atoms with van der Waals surface area (Å²) in [4.78, 5) is 2.10. The monoisotopic (exact) mass is 351 g/mol. The van der Waals surface area contributed by atoms with Crippen molar-refractivity contribution in [2.24, 2.45) is 0 Å². The third kappa shape index (κ3) is 2.90.